The Morgan fingerprint density at radius 1 is 1.42 bits per heavy atom. The van der Waals surface area contributed by atoms with Crippen LogP contribution in [0, 0.1) is 6.92 Å². The molecule has 2 heteroatoms. The van der Waals surface area contributed by atoms with Crippen LogP contribution in [0.3, 0.4) is 0 Å². The molecule has 1 rings (SSSR count). The zero-order chi connectivity index (χ0) is 8.97. The number of hydrogen-bond donors (Lipinski definition) is 1. The molecule has 1 N–H and O–H groups in total. The maximum atomic E-state index is 11.8. The molecule has 0 aliphatic carbocycles. The molecule has 1 nitrogen and oxygen atoms in total. The molecule has 0 saturated carbocycles. The summed E-state index contributed by atoms with van der Waals surface area (Å²) in [5.41, 5.74) is 2.15. The van der Waals surface area contributed by atoms with Gasteiger partial charge in [-0.15, -0.1) is 0 Å². The maximum Gasteiger partial charge on any atom is 0.115 e. The highest BCUT2D eigenvalue weighted by atomic mass is 19.1. The first kappa shape index (κ1) is 9.04. The van der Waals surface area contributed by atoms with Gasteiger partial charge in [0.05, 0.1) is 6.67 Å². The topological polar surface area (TPSA) is 20.2 Å². The minimum atomic E-state index is -0.277. The molecular weight excluding hydrogens is 155 g/mol. The average molecular weight is 168 g/mol. The van der Waals surface area contributed by atoms with Crippen LogP contribution in [0.1, 0.15) is 17.5 Å². The van der Waals surface area contributed by atoms with Crippen molar-refractivity contribution in [2.75, 3.05) is 6.67 Å². The lowest BCUT2D eigenvalue weighted by Crippen LogP contribution is -1.90. The Morgan fingerprint density at radius 2 is 2.17 bits per heavy atom. The Balaban J connectivity index is 2.72. The van der Waals surface area contributed by atoms with Gasteiger partial charge in [-0.05, 0) is 43.0 Å². The summed E-state index contributed by atoms with van der Waals surface area (Å²) in [5, 5.41) is 9.09. The van der Waals surface area contributed by atoms with Gasteiger partial charge in [-0.3, -0.25) is 4.39 Å². The fourth-order valence-electron chi connectivity index (χ4n) is 1.22. The standard InChI is InChI=1S/C10H13FO/c1-8-7-10(12)5-4-9(8)3-2-6-11/h4-5,7,12H,2-3,6H2,1H3. The molecule has 0 fully saturated rings. The molecule has 1 aromatic rings. The average Bonchev–Trinajstić information content (AvgIpc) is 2.03. The largest absolute Gasteiger partial charge is 0.508 e. The zero-order valence-corrected chi connectivity index (χ0v) is 7.18. The number of hydrogen-bond acceptors (Lipinski definition) is 1. The van der Waals surface area contributed by atoms with Crippen molar-refractivity contribution in [3.8, 4) is 5.75 Å². The predicted octanol–water partition coefficient (Wildman–Crippen LogP) is 2.60. The van der Waals surface area contributed by atoms with Crippen LogP contribution in [0.25, 0.3) is 0 Å². The van der Waals surface area contributed by atoms with Crippen molar-refractivity contribution in [1.29, 1.82) is 0 Å². The Bertz CT molecular complexity index is 258. The third-order valence-corrected chi connectivity index (χ3v) is 1.91. The van der Waals surface area contributed by atoms with Gasteiger partial charge in [-0.2, -0.15) is 0 Å². The van der Waals surface area contributed by atoms with Crippen molar-refractivity contribution in [3.05, 3.63) is 29.3 Å². The second-order valence-corrected chi connectivity index (χ2v) is 2.90. The van der Waals surface area contributed by atoms with Gasteiger partial charge in [-0.25, -0.2) is 0 Å². The van der Waals surface area contributed by atoms with Crippen molar-refractivity contribution in [2.24, 2.45) is 0 Å². The Morgan fingerprint density at radius 3 is 2.75 bits per heavy atom. The van der Waals surface area contributed by atoms with Gasteiger partial charge in [0.15, 0.2) is 0 Å². The van der Waals surface area contributed by atoms with E-state index in [0.717, 1.165) is 17.5 Å². The molecule has 66 valence electrons. The third-order valence-electron chi connectivity index (χ3n) is 1.91. The van der Waals surface area contributed by atoms with Gasteiger partial charge in [0.1, 0.15) is 5.75 Å². The fourth-order valence-corrected chi connectivity index (χ4v) is 1.22. The number of phenols is 1. The highest BCUT2D eigenvalue weighted by molar-refractivity contribution is 5.33. The number of benzene rings is 1. The molecule has 0 heterocycles. The molecule has 0 radical (unpaired) electrons. The molecule has 1 aromatic carbocycles. The number of rotatable bonds is 3. The van der Waals surface area contributed by atoms with E-state index in [4.69, 9.17) is 5.11 Å². The van der Waals surface area contributed by atoms with E-state index in [1.807, 2.05) is 13.0 Å². The van der Waals surface area contributed by atoms with Gasteiger partial charge < -0.3 is 5.11 Å². The van der Waals surface area contributed by atoms with Crippen LogP contribution in [0.2, 0.25) is 0 Å². The van der Waals surface area contributed by atoms with Crippen molar-refractivity contribution < 1.29 is 9.50 Å². The Labute approximate surface area is 71.9 Å². The number of alkyl halides is 1. The summed E-state index contributed by atoms with van der Waals surface area (Å²) in [4.78, 5) is 0. The Kier molecular flexibility index (Phi) is 3.09. The van der Waals surface area contributed by atoms with Crippen LogP contribution in [0.5, 0.6) is 5.75 Å². The lowest BCUT2D eigenvalue weighted by atomic mass is 10.0. The molecule has 0 bridgehead atoms. The molecule has 0 atom stereocenters. The van der Waals surface area contributed by atoms with E-state index in [9.17, 15) is 4.39 Å². The molecule has 0 amide bonds. The summed E-state index contributed by atoms with van der Waals surface area (Å²) in [6.45, 7) is 1.65. The molecule has 0 saturated heterocycles. The second-order valence-electron chi connectivity index (χ2n) is 2.90. The van der Waals surface area contributed by atoms with Crippen molar-refractivity contribution in [1.82, 2.24) is 0 Å². The van der Waals surface area contributed by atoms with Crippen LogP contribution in [-0.2, 0) is 6.42 Å². The van der Waals surface area contributed by atoms with Crippen molar-refractivity contribution >= 4 is 0 Å². The first-order chi connectivity index (χ1) is 5.74. The normalized spacial score (nSPS) is 10.2. The van der Waals surface area contributed by atoms with E-state index in [0.29, 0.717) is 6.42 Å². The summed E-state index contributed by atoms with van der Waals surface area (Å²) < 4.78 is 11.8. The van der Waals surface area contributed by atoms with Crippen LogP contribution >= 0.6 is 0 Å². The van der Waals surface area contributed by atoms with Gasteiger partial charge >= 0.3 is 0 Å². The van der Waals surface area contributed by atoms with E-state index >= 15 is 0 Å². The van der Waals surface area contributed by atoms with Gasteiger partial charge in [0, 0.05) is 0 Å². The summed E-state index contributed by atoms with van der Waals surface area (Å²) in [6.07, 6.45) is 1.31. The lowest BCUT2D eigenvalue weighted by molar-refractivity contribution is 0.469. The fraction of sp³-hybridized carbons (Fsp3) is 0.400. The second kappa shape index (κ2) is 4.10. The number of aromatic hydroxyl groups is 1. The minimum absolute atomic E-state index is 0.275. The van der Waals surface area contributed by atoms with Crippen LogP contribution < -0.4 is 0 Å². The zero-order valence-electron chi connectivity index (χ0n) is 7.18. The first-order valence-corrected chi connectivity index (χ1v) is 4.08. The molecule has 0 aliphatic heterocycles. The highest BCUT2D eigenvalue weighted by Gasteiger charge is 1.98. The third kappa shape index (κ3) is 2.22. The molecule has 0 spiro atoms. The van der Waals surface area contributed by atoms with Crippen LogP contribution in [0.15, 0.2) is 18.2 Å². The lowest BCUT2D eigenvalue weighted by Gasteiger charge is -2.03. The molecular formula is C10H13FO. The first-order valence-electron chi connectivity index (χ1n) is 4.08. The SMILES string of the molecule is Cc1cc(O)ccc1CCCF. The van der Waals surface area contributed by atoms with Gasteiger partial charge in [0.25, 0.3) is 0 Å². The monoisotopic (exact) mass is 168 g/mol. The minimum Gasteiger partial charge on any atom is -0.508 e. The highest BCUT2D eigenvalue weighted by Crippen LogP contribution is 2.16. The van der Waals surface area contributed by atoms with E-state index in [-0.39, 0.29) is 12.4 Å². The van der Waals surface area contributed by atoms with E-state index < -0.39 is 0 Å². The van der Waals surface area contributed by atoms with Crippen molar-refractivity contribution in [2.45, 2.75) is 19.8 Å². The van der Waals surface area contributed by atoms with Gasteiger partial charge in [-0.1, -0.05) is 6.07 Å². The molecule has 0 aromatic heterocycles. The molecule has 0 unspecified atom stereocenters. The summed E-state index contributed by atoms with van der Waals surface area (Å²) in [7, 11) is 0. The van der Waals surface area contributed by atoms with Crippen LogP contribution in [-0.4, -0.2) is 11.8 Å². The van der Waals surface area contributed by atoms with E-state index in [2.05, 4.69) is 0 Å². The quantitative estimate of drug-likeness (QED) is 0.735. The molecule has 0 aliphatic rings. The van der Waals surface area contributed by atoms with E-state index in [1.165, 1.54) is 0 Å². The Hall–Kier alpha value is -1.05. The van der Waals surface area contributed by atoms with Gasteiger partial charge in [0.2, 0.25) is 0 Å². The summed E-state index contributed by atoms with van der Waals surface area (Å²) >= 11 is 0. The number of phenolic OH excluding ortho intramolecular Hbond substituents is 1. The van der Waals surface area contributed by atoms with E-state index in [1.54, 1.807) is 12.1 Å². The predicted molar refractivity (Wildman–Crippen MR) is 47.1 cm³/mol. The van der Waals surface area contributed by atoms with Crippen molar-refractivity contribution in [3.63, 3.8) is 0 Å². The summed E-state index contributed by atoms with van der Waals surface area (Å²) in [6, 6.07) is 5.19. The maximum absolute atomic E-state index is 11.8. The molecule has 12 heavy (non-hydrogen) atoms. The number of aryl methyl sites for hydroxylation is 2. The summed E-state index contributed by atoms with van der Waals surface area (Å²) in [5.74, 6) is 0.275. The number of halogens is 1. The van der Waals surface area contributed by atoms with Crippen LogP contribution in [0.4, 0.5) is 4.39 Å². The smallest absolute Gasteiger partial charge is 0.115 e.